The minimum atomic E-state index is -0.0231. The molecule has 4 heteroatoms. The van der Waals surface area contributed by atoms with E-state index >= 15 is 0 Å². The van der Waals surface area contributed by atoms with Gasteiger partial charge in [-0.1, -0.05) is 18.2 Å². The molecule has 0 saturated carbocycles. The Kier molecular flexibility index (Phi) is 4.01. The first kappa shape index (κ1) is 10.3. The lowest BCUT2D eigenvalue weighted by Crippen LogP contribution is -2.14. The first-order chi connectivity index (χ1) is 6.27. The maximum absolute atomic E-state index is 11.1. The number of hydrogen-bond acceptors (Lipinski definition) is 2. The predicted molar refractivity (Wildman–Crippen MR) is 58.9 cm³/mol. The Morgan fingerprint density at radius 3 is 2.85 bits per heavy atom. The summed E-state index contributed by atoms with van der Waals surface area (Å²) in [7, 11) is 1.60. The van der Waals surface area contributed by atoms with Crippen molar-refractivity contribution in [3.05, 3.63) is 29.8 Å². The van der Waals surface area contributed by atoms with E-state index in [2.05, 4.69) is 3.53 Å². The van der Waals surface area contributed by atoms with Crippen molar-refractivity contribution in [1.29, 1.82) is 0 Å². The van der Waals surface area contributed by atoms with Crippen LogP contribution in [0.3, 0.4) is 0 Å². The van der Waals surface area contributed by atoms with Gasteiger partial charge in [0.15, 0.2) is 0 Å². The van der Waals surface area contributed by atoms with Gasteiger partial charge in [0.1, 0.15) is 5.75 Å². The molecule has 13 heavy (non-hydrogen) atoms. The second-order valence-corrected chi connectivity index (χ2v) is 3.05. The smallest absolute Gasteiger partial charge is 0.233 e. The maximum Gasteiger partial charge on any atom is 0.233 e. The standard InChI is InChI=1S/C9H10INO2/c1-13-8-5-3-2-4-7(8)6-9(12)11-10/h2-5H,6H2,1H3,(H,11,12). The van der Waals surface area contributed by atoms with Crippen molar-refractivity contribution >= 4 is 28.8 Å². The van der Waals surface area contributed by atoms with Crippen molar-refractivity contribution in [2.75, 3.05) is 7.11 Å². The lowest BCUT2D eigenvalue weighted by molar-refractivity contribution is -0.118. The molecule has 0 aromatic heterocycles. The molecule has 0 heterocycles. The van der Waals surface area contributed by atoms with E-state index in [4.69, 9.17) is 4.74 Å². The molecule has 0 atom stereocenters. The van der Waals surface area contributed by atoms with Gasteiger partial charge in [0.25, 0.3) is 0 Å². The summed E-state index contributed by atoms with van der Waals surface area (Å²) in [5.74, 6) is 0.729. The average Bonchev–Trinajstić information content (AvgIpc) is 2.18. The Balaban J connectivity index is 2.81. The van der Waals surface area contributed by atoms with Crippen molar-refractivity contribution in [3.8, 4) is 5.75 Å². The summed E-state index contributed by atoms with van der Waals surface area (Å²) in [4.78, 5) is 11.1. The summed E-state index contributed by atoms with van der Waals surface area (Å²) >= 11 is 1.82. The zero-order valence-electron chi connectivity index (χ0n) is 7.21. The topological polar surface area (TPSA) is 38.3 Å². The van der Waals surface area contributed by atoms with Crippen molar-refractivity contribution in [2.45, 2.75) is 6.42 Å². The first-order valence-corrected chi connectivity index (χ1v) is 4.87. The average molecular weight is 291 g/mol. The monoisotopic (exact) mass is 291 g/mol. The molecule has 0 aliphatic heterocycles. The van der Waals surface area contributed by atoms with E-state index in [1.165, 1.54) is 0 Å². The molecule has 0 unspecified atom stereocenters. The third kappa shape index (κ3) is 2.87. The molecular weight excluding hydrogens is 281 g/mol. The third-order valence-corrected chi connectivity index (χ3v) is 2.25. The Morgan fingerprint density at radius 2 is 2.23 bits per heavy atom. The molecule has 0 aliphatic rings. The highest BCUT2D eigenvalue weighted by Gasteiger charge is 2.05. The highest BCUT2D eigenvalue weighted by Crippen LogP contribution is 2.17. The van der Waals surface area contributed by atoms with Crippen LogP contribution in [0.2, 0.25) is 0 Å². The quantitative estimate of drug-likeness (QED) is 0.680. The van der Waals surface area contributed by atoms with Crippen LogP contribution in [0.1, 0.15) is 5.56 Å². The van der Waals surface area contributed by atoms with E-state index in [0.29, 0.717) is 6.42 Å². The van der Waals surface area contributed by atoms with Crippen molar-refractivity contribution in [3.63, 3.8) is 0 Å². The molecular formula is C9H10INO2. The van der Waals surface area contributed by atoms with Crippen LogP contribution in [0.5, 0.6) is 5.75 Å². The molecule has 1 rings (SSSR count). The van der Waals surface area contributed by atoms with Crippen LogP contribution in [0.4, 0.5) is 0 Å². The number of carbonyl (C=O) groups is 1. The van der Waals surface area contributed by atoms with Crippen molar-refractivity contribution in [2.24, 2.45) is 0 Å². The number of rotatable bonds is 3. The molecule has 0 bridgehead atoms. The van der Waals surface area contributed by atoms with Gasteiger partial charge < -0.3 is 4.74 Å². The van der Waals surface area contributed by atoms with Gasteiger partial charge in [-0.2, -0.15) is 0 Å². The van der Waals surface area contributed by atoms with E-state index in [0.717, 1.165) is 11.3 Å². The maximum atomic E-state index is 11.1. The molecule has 0 spiro atoms. The lowest BCUT2D eigenvalue weighted by atomic mass is 10.1. The van der Waals surface area contributed by atoms with Gasteiger partial charge in [-0.15, -0.1) is 0 Å². The molecule has 0 saturated heterocycles. The largest absolute Gasteiger partial charge is 0.496 e. The summed E-state index contributed by atoms with van der Waals surface area (Å²) in [6, 6.07) is 7.49. The van der Waals surface area contributed by atoms with Gasteiger partial charge in [-0.05, 0) is 6.07 Å². The SMILES string of the molecule is COc1ccccc1CC(=O)NI. The zero-order chi connectivity index (χ0) is 9.68. The van der Waals surface area contributed by atoms with E-state index in [9.17, 15) is 4.79 Å². The van der Waals surface area contributed by atoms with Gasteiger partial charge in [-0.25, -0.2) is 0 Å². The zero-order valence-corrected chi connectivity index (χ0v) is 9.37. The number of methoxy groups -OCH3 is 1. The Bertz CT molecular complexity index is 301. The molecule has 1 aromatic rings. The van der Waals surface area contributed by atoms with Crippen LogP contribution in [0, 0.1) is 0 Å². The number of hydrogen-bond donors (Lipinski definition) is 1. The molecule has 1 aromatic carbocycles. The lowest BCUT2D eigenvalue weighted by Gasteiger charge is -2.05. The second kappa shape index (κ2) is 5.06. The van der Waals surface area contributed by atoms with Crippen molar-refractivity contribution < 1.29 is 9.53 Å². The molecule has 0 radical (unpaired) electrons. The van der Waals surface area contributed by atoms with Gasteiger partial charge in [0.2, 0.25) is 5.91 Å². The summed E-state index contributed by atoms with van der Waals surface area (Å²) < 4.78 is 7.65. The van der Waals surface area contributed by atoms with E-state index in [1.54, 1.807) is 7.11 Å². The number of benzene rings is 1. The Morgan fingerprint density at radius 1 is 1.54 bits per heavy atom. The van der Waals surface area contributed by atoms with E-state index in [-0.39, 0.29) is 5.91 Å². The number of nitrogens with one attached hydrogen (secondary N) is 1. The number of amides is 1. The molecule has 0 aliphatic carbocycles. The van der Waals surface area contributed by atoms with E-state index in [1.807, 2.05) is 47.1 Å². The number of carbonyl (C=O) groups excluding carboxylic acids is 1. The summed E-state index contributed by atoms with van der Waals surface area (Å²) in [6.07, 6.45) is 0.354. The van der Waals surface area contributed by atoms with Crippen LogP contribution in [0.15, 0.2) is 24.3 Å². The van der Waals surface area contributed by atoms with Gasteiger partial charge in [0, 0.05) is 5.56 Å². The fraction of sp³-hybridized carbons (Fsp3) is 0.222. The number of para-hydroxylation sites is 1. The van der Waals surface area contributed by atoms with Crippen LogP contribution in [-0.2, 0) is 11.2 Å². The fourth-order valence-corrected chi connectivity index (χ4v) is 1.25. The van der Waals surface area contributed by atoms with Gasteiger partial charge >= 0.3 is 0 Å². The molecule has 1 amide bonds. The molecule has 70 valence electrons. The first-order valence-electron chi connectivity index (χ1n) is 3.79. The fourth-order valence-electron chi connectivity index (χ4n) is 1.06. The minimum absolute atomic E-state index is 0.0231. The highest BCUT2D eigenvalue weighted by molar-refractivity contribution is 14.1. The summed E-state index contributed by atoms with van der Waals surface area (Å²) in [5, 5.41) is 0. The normalized spacial score (nSPS) is 9.38. The Hall–Kier alpha value is -0.780. The van der Waals surface area contributed by atoms with Crippen LogP contribution < -0.4 is 8.27 Å². The number of halogens is 1. The third-order valence-electron chi connectivity index (χ3n) is 1.65. The number of ether oxygens (including phenoxy) is 1. The van der Waals surface area contributed by atoms with Gasteiger partial charge in [-0.3, -0.25) is 8.32 Å². The second-order valence-electron chi connectivity index (χ2n) is 2.51. The minimum Gasteiger partial charge on any atom is -0.496 e. The van der Waals surface area contributed by atoms with Gasteiger partial charge in [0.05, 0.1) is 36.4 Å². The molecule has 3 nitrogen and oxygen atoms in total. The van der Waals surface area contributed by atoms with Crippen LogP contribution >= 0.6 is 22.9 Å². The van der Waals surface area contributed by atoms with Crippen LogP contribution in [0.25, 0.3) is 0 Å². The summed E-state index contributed by atoms with van der Waals surface area (Å²) in [5.41, 5.74) is 0.902. The highest BCUT2D eigenvalue weighted by atomic mass is 127. The Labute approximate surface area is 91.0 Å². The summed E-state index contributed by atoms with van der Waals surface area (Å²) in [6.45, 7) is 0. The predicted octanol–water partition coefficient (Wildman–Crippen LogP) is 1.70. The van der Waals surface area contributed by atoms with E-state index < -0.39 is 0 Å². The molecule has 1 N–H and O–H groups in total. The molecule has 0 fully saturated rings. The van der Waals surface area contributed by atoms with Crippen LogP contribution in [-0.4, -0.2) is 13.0 Å². The van der Waals surface area contributed by atoms with Crippen molar-refractivity contribution in [1.82, 2.24) is 3.53 Å².